The molecule has 0 spiro atoms. The number of hydrogen-bond donors (Lipinski definition) is 2. The van der Waals surface area contributed by atoms with Crippen LogP contribution in [0.2, 0.25) is 5.02 Å². The molecule has 0 amide bonds. The van der Waals surface area contributed by atoms with Crippen LogP contribution in [0.5, 0.6) is 5.75 Å². The van der Waals surface area contributed by atoms with E-state index in [1.54, 1.807) is 24.3 Å². The van der Waals surface area contributed by atoms with Crippen LogP contribution in [0.25, 0.3) is 0 Å². The molecule has 2 aromatic rings. The van der Waals surface area contributed by atoms with E-state index in [0.29, 0.717) is 27.0 Å². The van der Waals surface area contributed by atoms with Crippen LogP contribution in [0.4, 0.5) is 4.39 Å². The van der Waals surface area contributed by atoms with Gasteiger partial charge in [0.15, 0.2) is 10.9 Å². The fourth-order valence-corrected chi connectivity index (χ4v) is 3.48. The number of halogens is 2. The SMILES string of the molecule is CC(=O)C1=C(C)NC(=S)NC1c1ccc(OCc2c(F)cccc2Cl)cc1. The number of nitrogens with one attached hydrogen (secondary N) is 2. The summed E-state index contributed by atoms with van der Waals surface area (Å²) in [6.45, 7) is 3.38. The second kappa shape index (κ2) is 8.06. The van der Waals surface area contributed by atoms with E-state index in [4.69, 9.17) is 28.6 Å². The van der Waals surface area contributed by atoms with Gasteiger partial charge in [-0.3, -0.25) is 4.79 Å². The number of ketones is 1. The summed E-state index contributed by atoms with van der Waals surface area (Å²) in [6, 6.07) is 11.4. The first-order chi connectivity index (χ1) is 12.9. The Hall–Kier alpha value is -2.44. The van der Waals surface area contributed by atoms with Crippen molar-refractivity contribution >= 4 is 34.7 Å². The van der Waals surface area contributed by atoms with Crippen LogP contribution < -0.4 is 15.4 Å². The molecule has 7 heteroatoms. The molecular formula is C20H18ClFN2O2S. The Balaban J connectivity index is 1.78. The summed E-state index contributed by atoms with van der Waals surface area (Å²) in [6.07, 6.45) is 0. The monoisotopic (exact) mass is 404 g/mol. The fraction of sp³-hybridized carbons (Fsp3) is 0.200. The molecule has 4 nitrogen and oxygen atoms in total. The van der Waals surface area contributed by atoms with Gasteiger partial charge in [0.05, 0.1) is 11.1 Å². The van der Waals surface area contributed by atoms with Gasteiger partial charge in [-0.05, 0) is 55.9 Å². The van der Waals surface area contributed by atoms with E-state index in [9.17, 15) is 9.18 Å². The van der Waals surface area contributed by atoms with Crippen LogP contribution in [0.3, 0.4) is 0 Å². The molecule has 1 aliphatic heterocycles. The maximum Gasteiger partial charge on any atom is 0.171 e. The van der Waals surface area contributed by atoms with Gasteiger partial charge < -0.3 is 15.4 Å². The van der Waals surface area contributed by atoms with Gasteiger partial charge in [0.1, 0.15) is 18.2 Å². The number of thiocarbonyl (C=S) groups is 1. The third kappa shape index (κ3) is 4.28. The minimum atomic E-state index is -0.404. The van der Waals surface area contributed by atoms with Crippen molar-refractivity contribution in [3.05, 3.63) is 75.7 Å². The van der Waals surface area contributed by atoms with E-state index in [-0.39, 0.29) is 18.4 Å². The van der Waals surface area contributed by atoms with Gasteiger partial charge in [-0.25, -0.2) is 4.39 Å². The van der Waals surface area contributed by atoms with Crippen molar-refractivity contribution in [2.45, 2.75) is 26.5 Å². The van der Waals surface area contributed by atoms with Crippen LogP contribution in [0, 0.1) is 5.82 Å². The Labute approximate surface area is 167 Å². The second-order valence-electron chi connectivity index (χ2n) is 6.18. The highest BCUT2D eigenvalue weighted by Crippen LogP contribution is 2.29. The zero-order valence-electron chi connectivity index (χ0n) is 14.8. The summed E-state index contributed by atoms with van der Waals surface area (Å²) < 4.78 is 19.5. The lowest BCUT2D eigenvalue weighted by Crippen LogP contribution is -2.44. The van der Waals surface area contributed by atoms with Gasteiger partial charge in [0.2, 0.25) is 0 Å². The molecule has 0 radical (unpaired) electrons. The van der Waals surface area contributed by atoms with Gasteiger partial charge in [0, 0.05) is 16.8 Å². The normalized spacial score (nSPS) is 16.6. The molecule has 0 bridgehead atoms. The van der Waals surface area contributed by atoms with E-state index in [1.807, 2.05) is 19.1 Å². The number of allylic oxidation sites excluding steroid dienone is 1. The first kappa shape index (κ1) is 19.3. The van der Waals surface area contributed by atoms with Crippen molar-refractivity contribution < 1.29 is 13.9 Å². The molecule has 0 saturated heterocycles. The maximum absolute atomic E-state index is 13.8. The van der Waals surface area contributed by atoms with Crippen LogP contribution in [0.15, 0.2) is 53.7 Å². The number of carbonyl (C=O) groups is 1. The average Bonchev–Trinajstić information content (AvgIpc) is 2.60. The lowest BCUT2D eigenvalue weighted by Gasteiger charge is -2.29. The molecular weight excluding hydrogens is 387 g/mol. The molecule has 0 aliphatic carbocycles. The number of benzene rings is 2. The molecule has 140 valence electrons. The minimum absolute atomic E-state index is 0.0260. The van der Waals surface area contributed by atoms with Crippen molar-refractivity contribution in [2.75, 3.05) is 0 Å². The van der Waals surface area contributed by atoms with Crippen molar-refractivity contribution in [2.24, 2.45) is 0 Å². The highest BCUT2D eigenvalue weighted by Gasteiger charge is 2.27. The highest BCUT2D eigenvalue weighted by atomic mass is 35.5. The predicted octanol–water partition coefficient (Wildman–Crippen LogP) is 4.44. The zero-order valence-corrected chi connectivity index (χ0v) is 16.4. The third-order valence-electron chi connectivity index (χ3n) is 4.31. The molecule has 27 heavy (non-hydrogen) atoms. The van der Waals surface area contributed by atoms with E-state index in [2.05, 4.69) is 10.6 Å². The van der Waals surface area contributed by atoms with E-state index in [1.165, 1.54) is 13.0 Å². The van der Waals surface area contributed by atoms with Crippen molar-refractivity contribution in [1.29, 1.82) is 0 Å². The van der Waals surface area contributed by atoms with Crippen molar-refractivity contribution in [3.8, 4) is 5.75 Å². The Bertz CT molecular complexity index is 908. The summed E-state index contributed by atoms with van der Waals surface area (Å²) in [4.78, 5) is 12.0. The Morgan fingerprint density at radius 3 is 2.59 bits per heavy atom. The van der Waals surface area contributed by atoms with Gasteiger partial charge in [-0.1, -0.05) is 29.8 Å². The largest absolute Gasteiger partial charge is 0.489 e. The topological polar surface area (TPSA) is 50.4 Å². The molecule has 3 rings (SSSR count). The number of carbonyl (C=O) groups excluding carboxylic acids is 1. The molecule has 2 N–H and O–H groups in total. The first-order valence-corrected chi connectivity index (χ1v) is 9.10. The second-order valence-corrected chi connectivity index (χ2v) is 7.00. The average molecular weight is 405 g/mol. The predicted molar refractivity (Wildman–Crippen MR) is 107 cm³/mol. The fourth-order valence-electron chi connectivity index (χ4n) is 2.99. The molecule has 1 unspecified atom stereocenters. The molecule has 2 aromatic carbocycles. The first-order valence-electron chi connectivity index (χ1n) is 8.31. The van der Waals surface area contributed by atoms with Crippen molar-refractivity contribution in [1.82, 2.24) is 10.6 Å². The van der Waals surface area contributed by atoms with Crippen LogP contribution in [-0.2, 0) is 11.4 Å². The number of rotatable bonds is 5. The standard InChI is InChI=1S/C20H18ClFN2O2S/c1-11-18(12(2)25)19(24-20(27)23-11)13-6-8-14(9-7-13)26-10-15-16(21)4-3-5-17(15)22/h3-9,19H,10H2,1-2H3,(H2,23,24,27). The molecule has 1 atom stereocenters. The lowest BCUT2D eigenvalue weighted by atomic mass is 9.93. The quantitative estimate of drug-likeness (QED) is 0.721. The van der Waals surface area contributed by atoms with Crippen LogP contribution in [0.1, 0.15) is 31.0 Å². The molecule has 0 aromatic heterocycles. The van der Waals surface area contributed by atoms with Crippen molar-refractivity contribution in [3.63, 3.8) is 0 Å². The van der Waals surface area contributed by atoms with E-state index >= 15 is 0 Å². The molecule has 1 heterocycles. The Morgan fingerprint density at radius 2 is 1.96 bits per heavy atom. The highest BCUT2D eigenvalue weighted by molar-refractivity contribution is 7.80. The number of Topliss-reactive ketones (excluding diaryl/α,β-unsaturated/α-hetero) is 1. The maximum atomic E-state index is 13.8. The van der Waals surface area contributed by atoms with Crippen LogP contribution in [-0.4, -0.2) is 10.9 Å². The molecule has 1 aliphatic rings. The Morgan fingerprint density at radius 1 is 1.26 bits per heavy atom. The summed E-state index contributed by atoms with van der Waals surface area (Å²) in [5.74, 6) is 0.132. The number of ether oxygens (including phenoxy) is 1. The third-order valence-corrected chi connectivity index (χ3v) is 4.88. The number of hydrogen-bond acceptors (Lipinski definition) is 3. The summed E-state index contributed by atoms with van der Waals surface area (Å²) >= 11 is 11.2. The van der Waals surface area contributed by atoms with Gasteiger partial charge >= 0.3 is 0 Å². The summed E-state index contributed by atoms with van der Waals surface area (Å²) in [7, 11) is 0. The Kier molecular flexibility index (Phi) is 5.77. The minimum Gasteiger partial charge on any atom is -0.489 e. The summed E-state index contributed by atoms with van der Waals surface area (Å²) in [5, 5.41) is 6.89. The van der Waals surface area contributed by atoms with E-state index < -0.39 is 5.82 Å². The lowest BCUT2D eigenvalue weighted by molar-refractivity contribution is -0.114. The van der Waals surface area contributed by atoms with Gasteiger partial charge in [-0.2, -0.15) is 0 Å². The van der Waals surface area contributed by atoms with Gasteiger partial charge in [-0.15, -0.1) is 0 Å². The molecule has 0 saturated carbocycles. The van der Waals surface area contributed by atoms with E-state index in [0.717, 1.165) is 11.3 Å². The smallest absolute Gasteiger partial charge is 0.171 e. The summed E-state index contributed by atoms with van der Waals surface area (Å²) in [5.41, 5.74) is 2.56. The zero-order chi connectivity index (χ0) is 19.6. The van der Waals surface area contributed by atoms with Gasteiger partial charge in [0.25, 0.3) is 0 Å². The molecule has 0 fully saturated rings. The van der Waals surface area contributed by atoms with Crippen LogP contribution >= 0.6 is 23.8 Å².